The Kier molecular flexibility index (Phi) is 4.19. The molecule has 2 fully saturated rings. The lowest BCUT2D eigenvalue weighted by atomic mass is 10.2. The molecule has 1 amide bonds. The molecule has 2 aliphatic rings. The minimum atomic E-state index is -0.343. The van der Waals surface area contributed by atoms with Crippen molar-refractivity contribution < 1.29 is 4.79 Å². The summed E-state index contributed by atoms with van der Waals surface area (Å²) in [6.45, 7) is 0.357. The summed E-state index contributed by atoms with van der Waals surface area (Å²) in [5.41, 5.74) is 2.10. The maximum Gasteiger partial charge on any atom is 0.263 e. The van der Waals surface area contributed by atoms with Gasteiger partial charge >= 0.3 is 0 Å². The Balaban J connectivity index is 1.49. The summed E-state index contributed by atoms with van der Waals surface area (Å²) in [6.07, 6.45) is 9.08. The lowest BCUT2D eigenvalue weighted by Gasteiger charge is -2.13. The van der Waals surface area contributed by atoms with Crippen LogP contribution in [-0.4, -0.2) is 20.3 Å². The van der Waals surface area contributed by atoms with E-state index in [-0.39, 0.29) is 17.0 Å². The van der Waals surface area contributed by atoms with Crippen LogP contribution in [0.1, 0.15) is 72.2 Å². The number of hydrogen-bond donors (Lipinski definition) is 1. The van der Waals surface area contributed by atoms with Crippen LogP contribution in [0.2, 0.25) is 0 Å². The second-order valence-electron chi connectivity index (χ2n) is 7.24. The fourth-order valence-electron chi connectivity index (χ4n) is 3.71. The second-order valence-corrected chi connectivity index (χ2v) is 7.24. The molecule has 6 heteroatoms. The van der Waals surface area contributed by atoms with E-state index in [0.717, 1.165) is 5.69 Å². The Morgan fingerprint density at radius 1 is 1.28 bits per heavy atom. The van der Waals surface area contributed by atoms with Gasteiger partial charge in [0.1, 0.15) is 5.56 Å². The van der Waals surface area contributed by atoms with Gasteiger partial charge in [-0.15, -0.1) is 0 Å². The van der Waals surface area contributed by atoms with Crippen molar-refractivity contribution >= 4 is 5.91 Å². The van der Waals surface area contributed by atoms with Crippen LogP contribution in [0.4, 0.5) is 0 Å². The summed E-state index contributed by atoms with van der Waals surface area (Å²) in [5, 5.41) is 7.62. The van der Waals surface area contributed by atoms with Crippen molar-refractivity contribution in [1.82, 2.24) is 19.7 Å². The molecule has 2 heterocycles. The SMILES string of the molecule is Cn1cccc(C(=O)NCc2cc(C3CC3)n(C3CCCC3)n2)c1=O. The van der Waals surface area contributed by atoms with E-state index < -0.39 is 0 Å². The molecule has 0 bridgehead atoms. The zero-order valence-corrected chi connectivity index (χ0v) is 14.6. The minimum Gasteiger partial charge on any atom is -0.346 e. The molecule has 4 rings (SSSR count). The van der Waals surface area contributed by atoms with Gasteiger partial charge in [0, 0.05) is 24.9 Å². The van der Waals surface area contributed by atoms with E-state index in [0.29, 0.717) is 18.5 Å². The van der Waals surface area contributed by atoms with Gasteiger partial charge in [-0.2, -0.15) is 5.10 Å². The average molecular weight is 340 g/mol. The predicted molar refractivity (Wildman–Crippen MR) is 94.6 cm³/mol. The molecule has 0 atom stereocenters. The van der Waals surface area contributed by atoms with E-state index in [9.17, 15) is 9.59 Å². The monoisotopic (exact) mass is 340 g/mol. The first kappa shape index (κ1) is 16.1. The topological polar surface area (TPSA) is 68.9 Å². The summed E-state index contributed by atoms with van der Waals surface area (Å²) in [7, 11) is 1.64. The minimum absolute atomic E-state index is 0.169. The fraction of sp³-hybridized carbons (Fsp3) is 0.526. The summed E-state index contributed by atoms with van der Waals surface area (Å²) in [4.78, 5) is 24.4. The van der Waals surface area contributed by atoms with Gasteiger partial charge in [0.15, 0.2) is 0 Å². The predicted octanol–water partition coefficient (Wildman–Crippen LogP) is 2.50. The van der Waals surface area contributed by atoms with Crippen molar-refractivity contribution in [2.45, 2.75) is 57.0 Å². The third kappa shape index (κ3) is 3.25. The van der Waals surface area contributed by atoms with E-state index in [1.807, 2.05) is 0 Å². The van der Waals surface area contributed by atoms with Gasteiger partial charge in [-0.1, -0.05) is 12.8 Å². The third-order valence-corrected chi connectivity index (χ3v) is 5.28. The number of hydrogen-bond acceptors (Lipinski definition) is 3. The lowest BCUT2D eigenvalue weighted by Crippen LogP contribution is -2.31. The zero-order chi connectivity index (χ0) is 17.4. The molecule has 25 heavy (non-hydrogen) atoms. The highest BCUT2D eigenvalue weighted by Crippen LogP contribution is 2.43. The lowest BCUT2D eigenvalue weighted by molar-refractivity contribution is 0.0948. The third-order valence-electron chi connectivity index (χ3n) is 5.28. The maximum absolute atomic E-state index is 12.3. The molecule has 0 spiro atoms. The highest BCUT2D eigenvalue weighted by atomic mass is 16.2. The molecule has 2 aromatic heterocycles. The smallest absolute Gasteiger partial charge is 0.263 e. The molecule has 1 N–H and O–H groups in total. The normalized spacial score (nSPS) is 17.8. The quantitative estimate of drug-likeness (QED) is 0.909. The van der Waals surface area contributed by atoms with Gasteiger partial charge in [0.05, 0.1) is 18.3 Å². The van der Waals surface area contributed by atoms with Crippen LogP contribution < -0.4 is 10.9 Å². The van der Waals surface area contributed by atoms with Crippen molar-refractivity contribution in [3.63, 3.8) is 0 Å². The first-order valence-corrected chi connectivity index (χ1v) is 9.15. The van der Waals surface area contributed by atoms with Crippen LogP contribution in [0.15, 0.2) is 29.2 Å². The summed E-state index contributed by atoms with van der Waals surface area (Å²) in [6, 6.07) is 5.92. The number of rotatable bonds is 5. The van der Waals surface area contributed by atoms with Crippen molar-refractivity contribution in [1.29, 1.82) is 0 Å². The van der Waals surface area contributed by atoms with Crippen LogP contribution in [-0.2, 0) is 13.6 Å². The Morgan fingerprint density at radius 3 is 2.76 bits per heavy atom. The molecule has 0 saturated heterocycles. The number of aryl methyl sites for hydroxylation is 1. The molecular formula is C19H24N4O2. The van der Waals surface area contributed by atoms with E-state index in [2.05, 4.69) is 16.1 Å². The molecule has 0 aliphatic heterocycles. The van der Waals surface area contributed by atoms with Crippen LogP contribution >= 0.6 is 0 Å². The molecule has 2 aliphatic carbocycles. The molecular weight excluding hydrogens is 316 g/mol. The van der Waals surface area contributed by atoms with E-state index >= 15 is 0 Å². The average Bonchev–Trinajstić information content (AvgIpc) is 3.14. The first-order chi connectivity index (χ1) is 12.1. The molecule has 6 nitrogen and oxygen atoms in total. The molecule has 2 saturated carbocycles. The van der Waals surface area contributed by atoms with Crippen LogP contribution in [0.5, 0.6) is 0 Å². The Hall–Kier alpha value is -2.37. The first-order valence-electron chi connectivity index (χ1n) is 9.15. The number of nitrogens with zero attached hydrogens (tertiary/aromatic N) is 3. The Labute approximate surface area is 146 Å². The van der Waals surface area contributed by atoms with Gasteiger partial charge < -0.3 is 9.88 Å². The van der Waals surface area contributed by atoms with Crippen LogP contribution in [0.25, 0.3) is 0 Å². The standard InChI is InChI=1S/C19H24N4O2/c1-22-10-4-7-16(19(22)25)18(24)20-12-14-11-17(13-8-9-13)23(21-14)15-5-2-3-6-15/h4,7,10-11,13,15H,2-3,5-6,8-9,12H2,1H3,(H,20,24). The van der Waals surface area contributed by atoms with Gasteiger partial charge in [-0.3, -0.25) is 14.3 Å². The number of aromatic nitrogens is 3. The van der Waals surface area contributed by atoms with Crippen molar-refractivity contribution in [3.8, 4) is 0 Å². The molecule has 2 aromatic rings. The molecule has 0 radical (unpaired) electrons. The highest BCUT2D eigenvalue weighted by molar-refractivity contribution is 5.93. The number of carbonyl (C=O) groups excluding carboxylic acids is 1. The number of amides is 1. The summed E-state index contributed by atoms with van der Waals surface area (Å²) in [5.74, 6) is 0.295. The van der Waals surface area contributed by atoms with Crippen molar-refractivity contribution in [3.05, 3.63) is 51.7 Å². The second kappa shape index (κ2) is 6.50. The van der Waals surface area contributed by atoms with Gasteiger partial charge in [0.25, 0.3) is 11.5 Å². The van der Waals surface area contributed by atoms with Gasteiger partial charge in [-0.05, 0) is 43.9 Å². The van der Waals surface area contributed by atoms with Gasteiger partial charge in [-0.25, -0.2) is 0 Å². The number of pyridine rings is 1. The highest BCUT2D eigenvalue weighted by Gasteiger charge is 2.31. The summed E-state index contributed by atoms with van der Waals surface area (Å²) >= 11 is 0. The van der Waals surface area contributed by atoms with Gasteiger partial charge in [0.2, 0.25) is 0 Å². The van der Waals surface area contributed by atoms with Crippen LogP contribution in [0, 0.1) is 0 Å². The molecule has 0 unspecified atom stereocenters. The van der Waals surface area contributed by atoms with E-state index in [1.54, 1.807) is 25.4 Å². The van der Waals surface area contributed by atoms with Crippen molar-refractivity contribution in [2.24, 2.45) is 7.05 Å². The van der Waals surface area contributed by atoms with E-state index in [1.165, 1.54) is 48.8 Å². The number of carbonyl (C=O) groups is 1. The largest absolute Gasteiger partial charge is 0.346 e. The summed E-state index contributed by atoms with van der Waals surface area (Å²) < 4.78 is 3.63. The van der Waals surface area contributed by atoms with E-state index in [4.69, 9.17) is 5.10 Å². The fourth-order valence-corrected chi connectivity index (χ4v) is 3.71. The van der Waals surface area contributed by atoms with Crippen LogP contribution in [0.3, 0.4) is 0 Å². The zero-order valence-electron chi connectivity index (χ0n) is 14.6. The Morgan fingerprint density at radius 2 is 2.04 bits per heavy atom. The van der Waals surface area contributed by atoms with Crippen molar-refractivity contribution in [2.75, 3.05) is 0 Å². The number of nitrogens with one attached hydrogen (secondary N) is 1. The maximum atomic E-state index is 12.3. The molecule has 0 aromatic carbocycles. The molecule has 132 valence electrons. The Bertz CT molecular complexity index is 841.